The van der Waals surface area contributed by atoms with Crippen molar-refractivity contribution in [3.63, 3.8) is 0 Å². The Bertz CT molecular complexity index is 1130. The summed E-state index contributed by atoms with van der Waals surface area (Å²) in [6.45, 7) is 0.629. The second kappa shape index (κ2) is 8.99. The van der Waals surface area contributed by atoms with Gasteiger partial charge in [-0.1, -0.05) is 12.1 Å². The molecule has 3 heterocycles. The van der Waals surface area contributed by atoms with Gasteiger partial charge in [0.25, 0.3) is 5.56 Å². The number of nitrogens with one attached hydrogen (secondary N) is 1. The Hall–Kier alpha value is -3.68. The Labute approximate surface area is 179 Å². The second-order valence-electron chi connectivity index (χ2n) is 7.35. The van der Waals surface area contributed by atoms with E-state index in [1.807, 2.05) is 24.3 Å². The third kappa shape index (κ3) is 4.42. The first-order chi connectivity index (χ1) is 15.1. The molecule has 0 unspecified atom stereocenters. The Morgan fingerprint density at radius 1 is 1.19 bits per heavy atom. The van der Waals surface area contributed by atoms with Gasteiger partial charge in [-0.3, -0.25) is 9.59 Å². The first kappa shape index (κ1) is 20.6. The normalized spacial score (nSPS) is 15.7. The lowest BCUT2D eigenvalue weighted by Crippen LogP contribution is -2.33. The van der Waals surface area contributed by atoms with Gasteiger partial charge < -0.3 is 19.4 Å². The van der Waals surface area contributed by atoms with Crippen molar-refractivity contribution in [3.05, 3.63) is 70.4 Å². The molecule has 1 N–H and O–H groups in total. The molecular weight excluding hydrogens is 396 g/mol. The summed E-state index contributed by atoms with van der Waals surface area (Å²) in [6.07, 6.45) is 3.49. The van der Waals surface area contributed by atoms with Crippen molar-refractivity contribution in [3.8, 4) is 22.9 Å². The molecule has 0 aliphatic carbocycles. The summed E-state index contributed by atoms with van der Waals surface area (Å²) in [4.78, 5) is 38.9. The summed E-state index contributed by atoms with van der Waals surface area (Å²) in [5, 5.41) is 0. The zero-order valence-corrected chi connectivity index (χ0v) is 17.5. The summed E-state index contributed by atoms with van der Waals surface area (Å²) >= 11 is 0. The molecule has 8 nitrogen and oxygen atoms in total. The molecule has 0 saturated carbocycles. The third-order valence-corrected chi connectivity index (χ3v) is 5.40. The molecule has 0 radical (unpaired) electrons. The maximum Gasteiger partial charge on any atom is 0.251 e. The van der Waals surface area contributed by atoms with Gasteiger partial charge in [-0.15, -0.1) is 0 Å². The van der Waals surface area contributed by atoms with Crippen molar-refractivity contribution in [2.75, 3.05) is 20.8 Å². The molecule has 4 rings (SSSR count). The molecule has 1 saturated heterocycles. The number of carbonyl (C=O) groups excluding carboxylic acids is 1. The van der Waals surface area contributed by atoms with E-state index in [4.69, 9.17) is 9.47 Å². The van der Waals surface area contributed by atoms with Gasteiger partial charge in [0, 0.05) is 18.8 Å². The van der Waals surface area contributed by atoms with Crippen molar-refractivity contribution in [2.45, 2.75) is 25.3 Å². The molecule has 1 aromatic carbocycles. The van der Waals surface area contributed by atoms with Crippen LogP contribution in [-0.2, 0) is 11.2 Å². The largest absolute Gasteiger partial charge is 0.497 e. The number of rotatable bonds is 6. The summed E-state index contributed by atoms with van der Waals surface area (Å²) < 4.78 is 10.5. The van der Waals surface area contributed by atoms with Gasteiger partial charge in [0.2, 0.25) is 11.8 Å². The molecule has 1 aliphatic heterocycles. The van der Waals surface area contributed by atoms with Gasteiger partial charge in [-0.05, 0) is 42.7 Å². The zero-order chi connectivity index (χ0) is 21.8. The van der Waals surface area contributed by atoms with Crippen molar-refractivity contribution in [1.29, 1.82) is 0 Å². The topological polar surface area (TPSA) is 97.4 Å². The minimum atomic E-state index is -0.277. The first-order valence-corrected chi connectivity index (χ1v) is 10.1. The zero-order valence-electron chi connectivity index (χ0n) is 17.5. The molecule has 8 heteroatoms. The summed E-state index contributed by atoms with van der Waals surface area (Å²) in [7, 11) is 3.13. The van der Waals surface area contributed by atoms with E-state index in [9.17, 15) is 9.59 Å². The van der Waals surface area contributed by atoms with E-state index in [2.05, 4.69) is 15.0 Å². The molecule has 1 fully saturated rings. The van der Waals surface area contributed by atoms with Gasteiger partial charge >= 0.3 is 0 Å². The number of benzene rings is 1. The smallest absolute Gasteiger partial charge is 0.251 e. The standard InChI is InChI=1S/C23H24N4O4/c1-30-16-9-7-15(8-10-16)13-21(29)27-12-4-6-19(27)22-25-18(14-20(28)26-22)17-5-3-11-24-23(17)31-2/h3,5,7-11,14,19H,4,6,12-13H2,1-2H3,(H,25,26,28)/t19-/m1/s1. The predicted octanol–water partition coefficient (Wildman–Crippen LogP) is 2.76. The number of ether oxygens (including phenoxy) is 2. The molecule has 31 heavy (non-hydrogen) atoms. The van der Waals surface area contributed by atoms with Crippen molar-refractivity contribution >= 4 is 5.91 Å². The van der Waals surface area contributed by atoms with Gasteiger partial charge in [0.1, 0.15) is 11.6 Å². The Kier molecular flexibility index (Phi) is 5.97. The SMILES string of the molecule is COc1ccc(CC(=O)N2CCC[C@@H]2c2nc(-c3cccnc3OC)cc(=O)[nH]2)cc1. The summed E-state index contributed by atoms with van der Waals surface area (Å²) in [5.41, 5.74) is 1.73. The minimum absolute atomic E-state index is 0.000299. The fraction of sp³-hybridized carbons (Fsp3) is 0.304. The molecule has 1 atom stereocenters. The molecule has 2 aromatic heterocycles. The molecule has 1 aliphatic rings. The number of pyridine rings is 1. The number of hydrogen-bond donors (Lipinski definition) is 1. The molecule has 0 spiro atoms. The number of amides is 1. The molecule has 3 aromatic rings. The summed E-state index contributed by atoms with van der Waals surface area (Å²) in [6, 6.07) is 12.2. The van der Waals surface area contributed by atoms with E-state index in [-0.39, 0.29) is 23.9 Å². The Morgan fingerprint density at radius 2 is 2.00 bits per heavy atom. The van der Waals surface area contributed by atoms with Gasteiger partial charge in [-0.2, -0.15) is 0 Å². The van der Waals surface area contributed by atoms with Crippen LogP contribution in [0.25, 0.3) is 11.3 Å². The lowest BCUT2D eigenvalue weighted by atomic mass is 10.1. The maximum absolute atomic E-state index is 13.0. The third-order valence-electron chi connectivity index (χ3n) is 5.40. The molecule has 160 valence electrons. The lowest BCUT2D eigenvalue weighted by molar-refractivity contribution is -0.131. The van der Waals surface area contributed by atoms with Crippen LogP contribution < -0.4 is 15.0 Å². The van der Waals surface area contributed by atoms with Crippen molar-refractivity contribution in [2.24, 2.45) is 0 Å². The van der Waals surface area contributed by atoms with E-state index in [1.165, 1.54) is 13.2 Å². The average Bonchev–Trinajstić information content (AvgIpc) is 3.29. The number of hydrogen-bond acceptors (Lipinski definition) is 6. The van der Waals surface area contributed by atoms with Crippen LogP contribution in [-0.4, -0.2) is 46.5 Å². The highest BCUT2D eigenvalue weighted by atomic mass is 16.5. The van der Waals surface area contributed by atoms with Gasteiger partial charge in [0.15, 0.2) is 0 Å². The van der Waals surface area contributed by atoms with E-state index in [0.717, 1.165) is 24.2 Å². The highest BCUT2D eigenvalue weighted by Gasteiger charge is 2.32. The number of likely N-dealkylation sites (tertiary alicyclic amines) is 1. The average molecular weight is 420 g/mol. The fourth-order valence-electron chi connectivity index (χ4n) is 3.89. The van der Waals surface area contributed by atoms with E-state index < -0.39 is 0 Å². The number of H-pyrrole nitrogens is 1. The van der Waals surface area contributed by atoms with Gasteiger partial charge in [-0.25, -0.2) is 9.97 Å². The van der Waals surface area contributed by atoms with Crippen molar-refractivity contribution < 1.29 is 14.3 Å². The van der Waals surface area contributed by atoms with Crippen LogP contribution in [0.5, 0.6) is 11.6 Å². The monoisotopic (exact) mass is 420 g/mol. The van der Waals surface area contributed by atoms with Crippen LogP contribution in [0.1, 0.15) is 30.3 Å². The van der Waals surface area contributed by atoms with E-state index in [0.29, 0.717) is 29.5 Å². The highest BCUT2D eigenvalue weighted by molar-refractivity contribution is 5.79. The molecule has 1 amide bonds. The number of aromatic nitrogens is 3. The van der Waals surface area contributed by atoms with Gasteiger partial charge in [0.05, 0.1) is 37.9 Å². The van der Waals surface area contributed by atoms with E-state index >= 15 is 0 Å². The van der Waals surface area contributed by atoms with Crippen LogP contribution in [0.15, 0.2) is 53.5 Å². The number of methoxy groups -OCH3 is 2. The maximum atomic E-state index is 13.0. The predicted molar refractivity (Wildman–Crippen MR) is 115 cm³/mol. The minimum Gasteiger partial charge on any atom is -0.497 e. The number of aromatic amines is 1. The Balaban J connectivity index is 1.60. The fourth-order valence-corrected chi connectivity index (χ4v) is 3.89. The Morgan fingerprint density at radius 3 is 2.74 bits per heavy atom. The van der Waals surface area contributed by atoms with Crippen LogP contribution in [0, 0.1) is 0 Å². The van der Waals surface area contributed by atoms with Crippen LogP contribution in [0.2, 0.25) is 0 Å². The van der Waals surface area contributed by atoms with Crippen LogP contribution in [0.3, 0.4) is 0 Å². The van der Waals surface area contributed by atoms with Crippen molar-refractivity contribution in [1.82, 2.24) is 19.9 Å². The van der Waals surface area contributed by atoms with Crippen LogP contribution >= 0.6 is 0 Å². The summed E-state index contributed by atoms with van der Waals surface area (Å²) in [5.74, 6) is 1.62. The second-order valence-corrected chi connectivity index (χ2v) is 7.35. The molecular formula is C23H24N4O4. The number of nitrogens with zero attached hydrogens (tertiary/aromatic N) is 3. The molecule has 0 bridgehead atoms. The van der Waals surface area contributed by atoms with E-state index in [1.54, 1.807) is 30.3 Å². The van der Waals surface area contributed by atoms with Crippen LogP contribution in [0.4, 0.5) is 0 Å². The lowest BCUT2D eigenvalue weighted by Gasteiger charge is -2.24. The highest BCUT2D eigenvalue weighted by Crippen LogP contribution is 2.32. The first-order valence-electron chi connectivity index (χ1n) is 10.1. The quantitative estimate of drug-likeness (QED) is 0.659. The number of carbonyl (C=O) groups is 1.